The zero-order chi connectivity index (χ0) is 13.8. The van der Waals surface area contributed by atoms with Crippen LogP contribution in [0.5, 0.6) is 0 Å². The molecule has 2 aromatic heterocycles. The number of hydrogen-bond acceptors (Lipinski definition) is 5. The number of para-hydroxylation sites is 1. The number of aromatic nitrogens is 3. The van der Waals surface area contributed by atoms with Crippen LogP contribution >= 0.6 is 0 Å². The van der Waals surface area contributed by atoms with Crippen molar-refractivity contribution in [2.75, 3.05) is 6.54 Å². The highest BCUT2D eigenvalue weighted by Gasteiger charge is 2.03. The van der Waals surface area contributed by atoms with Crippen molar-refractivity contribution < 1.29 is 4.52 Å². The Morgan fingerprint density at radius 3 is 3.05 bits per heavy atom. The maximum absolute atomic E-state index is 11.9. The second-order valence-electron chi connectivity index (χ2n) is 4.49. The van der Waals surface area contributed by atoms with Gasteiger partial charge in [-0.05, 0) is 17.5 Å². The van der Waals surface area contributed by atoms with E-state index in [1.54, 1.807) is 0 Å². The summed E-state index contributed by atoms with van der Waals surface area (Å²) < 4.78 is 4.65. The monoisotopic (exact) mass is 270 g/mol. The Kier molecular flexibility index (Phi) is 3.56. The zero-order valence-electron chi connectivity index (χ0n) is 10.8. The molecule has 1 aromatic carbocycles. The summed E-state index contributed by atoms with van der Waals surface area (Å²) in [4.78, 5) is 18.7. The van der Waals surface area contributed by atoms with Crippen molar-refractivity contribution in [2.24, 2.45) is 0 Å². The number of benzene rings is 1. The van der Waals surface area contributed by atoms with Gasteiger partial charge in [0, 0.05) is 30.6 Å². The molecule has 20 heavy (non-hydrogen) atoms. The molecule has 2 N–H and O–H groups in total. The van der Waals surface area contributed by atoms with Crippen molar-refractivity contribution in [3.8, 4) is 0 Å². The molecule has 3 aromatic rings. The van der Waals surface area contributed by atoms with E-state index in [9.17, 15) is 4.79 Å². The molecule has 2 heterocycles. The lowest BCUT2D eigenvalue weighted by Crippen LogP contribution is -2.23. The average Bonchev–Trinajstić information content (AvgIpc) is 2.97. The van der Waals surface area contributed by atoms with Crippen molar-refractivity contribution in [3.63, 3.8) is 0 Å². The summed E-state index contributed by atoms with van der Waals surface area (Å²) in [6.45, 7) is 1.20. The summed E-state index contributed by atoms with van der Waals surface area (Å²) in [5.74, 6) is 0.657. The van der Waals surface area contributed by atoms with E-state index in [2.05, 4.69) is 25.0 Å². The van der Waals surface area contributed by atoms with E-state index in [1.165, 1.54) is 6.39 Å². The highest BCUT2D eigenvalue weighted by Crippen LogP contribution is 2.09. The van der Waals surface area contributed by atoms with Gasteiger partial charge in [-0.25, -0.2) is 0 Å². The highest BCUT2D eigenvalue weighted by molar-refractivity contribution is 5.78. The topological polar surface area (TPSA) is 83.8 Å². The van der Waals surface area contributed by atoms with Gasteiger partial charge < -0.3 is 14.8 Å². The van der Waals surface area contributed by atoms with Crippen LogP contribution in [-0.2, 0) is 13.0 Å². The smallest absolute Gasteiger partial charge is 0.252 e. The summed E-state index contributed by atoms with van der Waals surface area (Å²) in [6, 6.07) is 9.64. The summed E-state index contributed by atoms with van der Waals surface area (Å²) >= 11 is 0. The van der Waals surface area contributed by atoms with E-state index < -0.39 is 0 Å². The Bertz CT molecular complexity index is 749. The Balaban J connectivity index is 1.65. The van der Waals surface area contributed by atoms with Crippen LogP contribution in [0.15, 0.2) is 46.0 Å². The molecule has 102 valence electrons. The minimum absolute atomic E-state index is 0.0595. The Morgan fingerprint density at radius 1 is 1.30 bits per heavy atom. The molecular weight excluding hydrogens is 256 g/mol. The SMILES string of the molecule is O=c1[nH]c2ccccc2cc1CNCCc1ncon1. The molecule has 6 nitrogen and oxygen atoms in total. The third-order valence-corrected chi connectivity index (χ3v) is 3.08. The minimum atomic E-state index is -0.0595. The molecule has 0 amide bonds. The molecule has 0 saturated carbocycles. The lowest BCUT2D eigenvalue weighted by molar-refractivity contribution is 0.409. The van der Waals surface area contributed by atoms with Gasteiger partial charge in [-0.15, -0.1) is 0 Å². The predicted octanol–water partition coefficient (Wildman–Crippen LogP) is 1.24. The third kappa shape index (κ3) is 2.75. The zero-order valence-corrected chi connectivity index (χ0v) is 10.8. The summed E-state index contributed by atoms with van der Waals surface area (Å²) in [7, 11) is 0. The molecule has 0 aliphatic heterocycles. The predicted molar refractivity (Wildman–Crippen MR) is 74.3 cm³/mol. The van der Waals surface area contributed by atoms with Crippen molar-refractivity contribution in [3.05, 3.63) is 58.5 Å². The second-order valence-corrected chi connectivity index (χ2v) is 4.49. The average molecular weight is 270 g/mol. The van der Waals surface area contributed by atoms with Gasteiger partial charge in [0.1, 0.15) is 0 Å². The molecule has 0 atom stereocenters. The molecular formula is C14H14N4O2. The molecule has 6 heteroatoms. The molecule has 0 saturated heterocycles. The molecule has 0 bridgehead atoms. The fourth-order valence-corrected chi connectivity index (χ4v) is 2.05. The first-order valence-electron chi connectivity index (χ1n) is 6.40. The molecule has 0 unspecified atom stereocenters. The number of rotatable bonds is 5. The van der Waals surface area contributed by atoms with Crippen LogP contribution in [0, 0.1) is 0 Å². The molecule has 0 aliphatic rings. The van der Waals surface area contributed by atoms with Crippen molar-refractivity contribution in [1.29, 1.82) is 0 Å². The molecule has 0 radical (unpaired) electrons. The van der Waals surface area contributed by atoms with Crippen molar-refractivity contribution >= 4 is 10.9 Å². The summed E-state index contributed by atoms with van der Waals surface area (Å²) in [6.07, 6.45) is 1.98. The van der Waals surface area contributed by atoms with E-state index in [1.807, 2.05) is 30.3 Å². The molecule has 0 spiro atoms. The van der Waals surface area contributed by atoms with Gasteiger partial charge in [-0.3, -0.25) is 4.79 Å². The second kappa shape index (κ2) is 5.66. The van der Waals surface area contributed by atoms with Crippen LogP contribution in [0.4, 0.5) is 0 Å². The van der Waals surface area contributed by atoms with Crippen LogP contribution in [0.2, 0.25) is 0 Å². The van der Waals surface area contributed by atoms with E-state index in [0.29, 0.717) is 25.3 Å². The maximum Gasteiger partial charge on any atom is 0.252 e. The highest BCUT2D eigenvalue weighted by atomic mass is 16.5. The maximum atomic E-state index is 11.9. The largest absolute Gasteiger partial charge is 0.343 e. The van der Waals surface area contributed by atoms with E-state index in [0.717, 1.165) is 16.5 Å². The number of pyridine rings is 1. The van der Waals surface area contributed by atoms with Crippen LogP contribution in [-0.4, -0.2) is 21.7 Å². The fourth-order valence-electron chi connectivity index (χ4n) is 2.05. The first-order chi connectivity index (χ1) is 9.83. The molecule has 0 fully saturated rings. The van der Waals surface area contributed by atoms with Crippen LogP contribution in [0.3, 0.4) is 0 Å². The first-order valence-corrected chi connectivity index (χ1v) is 6.40. The number of nitrogens with zero attached hydrogens (tertiary/aromatic N) is 2. The van der Waals surface area contributed by atoms with Crippen molar-refractivity contribution in [2.45, 2.75) is 13.0 Å². The fraction of sp³-hybridized carbons (Fsp3) is 0.214. The molecule has 0 aliphatic carbocycles. The summed E-state index contributed by atoms with van der Waals surface area (Å²) in [5.41, 5.74) is 1.51. The third-order valence-electron chi connectivity index (χ3n) is 3.08. The van der Waals surface area contributed by atoms with Gasteiger partial charge in [0.05, 0.1) is 0 Å². The number of aromatic amines is 1. The summed E-state index contributed by atoms with van der Waals surface area (Å²) in [5, 5.41) is 7.96. The van der Waals surface area contributed by atoms with Gasteiger partial charge in [-0.1, -0.05) is 23.4 Å². The van der Waals surface area contributed by atoms with Crippen LogP contribution in [0.25, 0.3) is 10.9 Å². The first kappa shape index (κ1) is 12.6. The van der Waals surface area contributed by atoms with Gasteiger partial charge in [0.15, 0.2) is 5.82 Å². The lowest BCUT2D eigenvalue weighted by Gasteiger charge is -2.04. The van der Waals surface area contributed by atoms with Crippen LogP contribution in [0.1, 0.15) is 11.4 Å². The van der Waals surface area contributed by atoms with Gasteiger partial charge >= 0.3 is 0 Å². The van der Waals surface area contributed by atoms with Gasteiger partial charge in [0.25, 0.3) is 5.56 Å². The number of nitrogens with one attached hydrogen (secondary N) is 2. The standard InChI is InChI=1S/C14H14N4O2/c19-14-11(7-10-3-1-2-4-12(10)17-14)8-15-6-5-13-16-9-20-18-13/h1-4,7,9,15H,5-6,8H2,(H,17,19). The minimum Gasteiger partial charge on any atom is -0.343 e. The Morgan fingerprint density at radius 2 is 2.20 bits per heavy atom. The van der Waals surface area contributed by atoms with Crippen molar-refractivity contribution in [1.82, 2.24) is 20.4 Å². The number of H-pyrrole nitrogens is 1. The normalized spacial score (nSPS) is 11.0. The van der Waals surface area contributed by atoms with E-state index >= 15 is 0 Å². The van der Waals surface area contributed by atoms with Crippen LogP contribution < -0.4 is 10.9 Å². The number of hydrogen-bond donors (Lipinski definition) is 2. The number of fused-ring (bicyclic) bond motifs is 1. The Hall–Kier alpha value is -2.47. The Labute approximate surface area is 114 Å². The van der Waals surface area contributed by atoms with Gasteiger partial charge in [0.2, 0.25) is 6.39 Å². The molecule has 3 rings (SSSR count). The van der Waals surface area contributed by atoms with Gasteiger partial charge in [-0.2, -0.15) is 4.98 Å². The van der Waals surface area contributed by atoms with E-state index in [4.69, 9.17) is 0 Å². The quantitative estimate of drug-likeness (QED) is 0.681. The lowest BCUT2D eigenvalue weighted by atomic mass is 10.1. The van der Waals surface area contributed by atoms with E-state index in [-0.39, 0.29) is 5.56 Å².